The average Bonchev–Trinajstić information content (AvgIpc) is 2.46. The van der Waals surface area contributed by atoms with Crippen molar-refractivity contribution in [2.45, 2.75) is 25.9 Å². The van der Waals surface area contributed by atoms with E-state index < -0.39 is 6.04 Å². The number of ether oxygens (including phenoxy) is 1. The van der Waals surface area contributed by atoms with Gasteiger partial charge in [-0.1, -0.05) is 12.2 Å². The number of rotatable bonds is 4. The summed E-state index contributed by atoms with van der Waals surface area (Å²) in [6, 6.07) is -0.338. The highest BCUT2D eigenvalue weighted by molar-refractivity contribution is 7.80. The Kier molecular flexibility index (Phi) is 5.03. The first-order chi connectivity index (χ1) is 9.99. The van der Waals surface area contributed by atoms with Crippen LogP contribution in [0.25, 0.3) is 0 Å². The second-order valence-electron chi connectivity index (χ2n) is 5.07. The molecule has 0 bridgehead atoms. The number of morpholine rings is 1. The second-order valence-corrected chi connectivity index (χ2v) is 5.51. The molecular weight excluding hydrogens is 290 g/mol. The Hall–Kier alpha value is -1.80. The van der Waals surface area contributed by atoms with Crippen molar-refractivity contribution in [3.63, 3.8) is 0 Å². The fraction of sp³-hybridized carbons (Fsp3) is 0.538. The molecule has 1 unspecified atom stereocenters. The fourth-order valence-corrected chi connectivity index (χ4v) is 2.18. The Labute approximate surface area is 128 Å². The number of hydrogen-bond acceptors (Lipinski definition) is 6. The highest BCUT2D eigenvalue weighted by atomic mass is 32.1. The quantitative estimate of drug-likeness (QED) is 0.746. The molecule has 21 heavy (non-hydrogen) atoms. The van der Waals surface area contributed by atoms with Gasteiger partial charge >= 0.3 is 0 Å². The molecule has 1 aromatic heterocycles. The normalized spacial score (nSPS) is 18.6. The lowest BCUT2D eigenvalue weighted by Gasteiger charge is -2.35. The molecule has 1 fully saturated rings. The maximum Gasteiger partial charge on any atom is 0.245 e. The number of carbonyl (C=O) groups is 1. The van der Waals surface area contributed by atoms with Gasteiger partial charge < -0.3 is 20.7 Å². The average molecular weight is 309 g/mol. The van der Waals surface area contributed by atoms with Crippen LogP contribution in [0.4, 0.5) is 5.82 Å². The van der Waals surface area contributed by atoms with Crippen molar-refractivity contribution < 1.29 is 9.53 Å². The maximum atomic E-state index is 12.2. The monoisotopic (exact) mass is 309 g/mol. The van der Waals surface area contributed by atoms with Gasteiger partial charge in [-0.05, 0) is 13.8 Å². The molecule has 0 saturated carbocycles. The summed E-state index contributed by atoms with van der Waals surface area (Å²) in [6.45, 7) is 5.30. The molecule has 0 spiro atoms. The Balaban J connectivity index is 2.18. The largest absolute Gasteiger partial charge is 0.388 e. The zero-order valence-electron chi connectivity index (χ0n) is 12.1. The van der Waals surface area contributed by atoms with Crippen molar-refractivity contribution in [2.75, 3.05) is 24.7 Å². The molecule has 114 valence electrons. The van der Waals surface area contributed by atoms with Crippen LogP contribution in [0, 0.1) is 0 Å². The van der Waals surface area contributed by atoms with E-state index in [2.05, 4.69) is 15.3 Å². The van der Waals surface area contributed by atoms with Crippen LogP contribution in [0.15, 0.2) is 12.4 Å². The van der Waals surface area contributed by atoms with E-state index in [1.54, 1.807) is 6.20 Å². The van der Waals surface area contributed by atoms with E-state index in [0.29, 0.717) is 31.3 Å². The van der Waals surface area contributed by atoms with Gasteiger partial charge in [0.05, 0.1) is 25.6 Å². The van der Waals surface area contributed by atoms with Crippen LogP contribution in [0.1, 0.15) is 19.5 Å². The first-order valence-corrected chi connectivity index (χ1v) is 7.16. The Morgan fingerprint density at radius 1 is 1.52 bits per heavy atom. The van der Waals surface area contributed by atoms with Gasteiger partial charge in [0.2, 0.25) is 5.91 Å². The van der Waals surface area contributed by atoms with Gasteiger partial charge in [0, 0.05) is 12.6 Å². The van der Waals surface area contributed by atoms with Gasteiger partial charge in [0.15, 0.2) is 0 Å². The summed E-state index contributed by atoms with van der Waals surface area (Å²) in [4.78, 5) is 22.8. The molecular formula is C13H19N5O2S. The summed E-state index contributed by atoms with van der Waals surface area (Å²) in [6.07, 6.45) is 3.10. The molecule has 0 aromatic carbocycles. The van der Waals surface area contributed by atoms with Gasteiger partial charge in [-0.2, -0.15) is 0 Å². The molecule has 7 nitrogen and oxygen atoms in total. The number of nitrogens with two attached hydrogens (primary N) is 1. The zero-order valence-corrected chi connectivity index (χ0v) is 12.9. The molecule has 1 aliphatic heterocycles. The SMILES string of the molecule is CC(C)NC(=O)C1COCCN1c1cnc(C(N)=S)cn1. The molecule has 1 atom stereocenters. The van der Waals surface area contributed by atoms with Crippen molar-refractivity contribution >= 4 is 28.9 Å². The lowest BCUT2D eigenvalue weighted by Crippen LogP contribution is -2.55. The summed E-state index contributed by atoms with van der Waals surface area (Å²) < 4.78 is 5.41. The third kappa shape index (κ3) is 3.85. The van der Waals surface area contributed by atoms with Crippen LogP contribution in [-0.4, -0.2) is 52.7 Å². The summed E-state index contributed by atoms with van der Waals surface area (Å²) in [5, 5.41) is 2.89. The number of carbonyl (C=O) groups excluding carboxylic acids is 1. The van der Waals surface area contributed by atoms with Crippen LogP contribution in [0.5, 0.6) is 0 Å². The molecule has 0 aliphatic carbocycles. The number of amides is 1. The third-order valence-electron chi connectivity index (χ3n) is 3.05. The summed E-state index contributed by atoms with van der Waals surface area (Å²) >= 11 is 4.85. The van der Waals surface area contributed by atoms with Crippen LogP contribution >= 0.6 is 12.2 Å². The molecule has 2 rings (SSSR count). The summed E-state index contributed by atoms with van der Waals surface area (Å²) in [5.41, 5.74) is 5.97. The lowest BCUT2D eigenvalue weighted by molar-refractivity contribution is -0.125. The van der Waals surface area contributed by atoms with E-state index in [4.69, 9.17) is 22.7 Å². The van der Waals surface area contributed by atoms with Crippen LogP contribution in [0.2, 0.25) is 0 Å². The van der Waals surface area contributed by atoms with Crippen molar-refractivity contribution in [3.05, 3.63) is 18.1 Å². The Morgan fingerprint density at radius 3 is 2.86 bits per heavy atom. The third-order valence-corrected chi connectivity index (χ3v) is 3.26. The number of nitrogens with zero attached hydrogens (tertiary/aromatic N) is 3. The van der Waals surface area contributed by atoms with Gasteiger partial charge in [-0.15, -0.1) is 0 Å². The minimum atomic E-state index is -0.411. The molecule has 0 radical (unpaired) electrons. The highest BCUT2D eigenvalue weighted by Crippen LogP contribution is 2.16. The first-order valence-electron chi connectivity index (χ1n) is 6.75. The molecule has 8 heteroatoms. The number of nitrogens with one attached hydrogen (secondary N) is 1. The topological polar surface area (TPSA) is 93.4 Å². The maximum absolute atomic E-state index is 12.2. The van der Waals surface area contributed by atoms with Gasteiger partial charge in [0.1, 0.15) is 22.5 Å². The minimum Gasteiger partial charge on any atom is -0.388 e. The summed E-state index contributed by atoms with van der Waals surface area (Å²) in [5.74, 6) is 0.534. The number of aromatic nitrogens is 2. The van der Waals surface area contributed by atoms with Gasteiger partial charge in [0.25, 0.3) is 0 Å². The smallest absolute Gasteiger partial charge is 0.245 e. The van der Waals surface area contributed by atoms with E-state index >= 15 is 0 Å². The van der Waals surface area contributed by atoms with Crippen LogP contribution in [-0.2, 0) is 9.53 Å². The second kappa shape index (κ2) is 6.77. The minimum absolute atomic E-state index is 0.0735. The van der Waals surface area contributed by atoms with Crippen molar-refractivity contribution in [3.8, 4) is 0 Å². The van der Waals surface area contributed by atoms with Crippen LogP contribution in [0.3, 0.4) is 0 Å². The van der Waals surface area contributed by atoms with E-state index in [0.717, 1.165) is 0 Å². The van der Waals surface area contributed by atoms with E-state index in [1.807, 2.05) is 18.7 Å². The first kappa shape index (κ1) is 15.6. The number of thiocarbonyl (C=S) groups is 1. The lowest BCUT2D eigenvalue weighted by atomic mass is 10.2. The van der Waals surface area contributed by atoms with E-state index in [9.17, 15) is 4.79 Å². The van der Waals surface area contributed by atoms with Gasteiger partial charge in [-0.25, -0.2) is 9.97 Å². The standard InChI is InChI=1S/C13H19N5O2S/c1-8(2)17-13(19)10-7-20-4-3-18(10)11-6-15-9(5-16-11)12(14)21/h5-6,8,10H,3-4,7H2,1-2H3,(H2,14,21)(H,17,19). The Morgan fingerprint density at radius 2 is 2.29 bits per heavy atom. The number of hydrogen-bond donors (Lipinski definition) is 2. The molecule has 3 N–H and O–H groups in total. The fourth-order valence-electron chi connectivity index (χ4n) is 2.07. The predicted molar refractivity (Wildman–Crippen MR) is 83.2 cm³/mol. The molecule has 1 amide bonds. The van der Waals surface area contributed by atoms with E-state index in [-0.39, 0.29) is 16.9 Å². The Bertz CT molecular complexity index is 520. The number of anilines is 1. The molecule has 1 aromatic rings. The molecule has 1 saturated heterocycles. The van der Waals surface area contributed by atoms with Crippen molar-refractivity contribution in [1.82, 2.24) is 15.3 Å². The zero-order chi connectivity index (χ0) is 15.4. The van der Waals surface area contributed by atoms with Gasteiger partial charge in [-0.3, -0.25) is 4.79 Å². The molecule has 1 aliphatic rings. The van der Waals surface area contributed by atoms with E-state index in [1.165, 1.54) is 6.20 Å². The van der Waals surface area contributed by atoms with Crippen molar-refractivity contribution in [1.29, 1.82) is 0 Å². The predicted octanol–water partition coefficient (Wildman–Crippen LogP) is -0.159. The summed E-state index contributed by atoms with van der Waals surface area (Å²) in [7, 11) is 0. The van der Waals surface area contributed by atoms with Crippen LogP contribution < -0.4 is 16.0 Å². The molecule has 2 heterocycles. The van der Waals surface area contributed by atoms with Crippen molar-refractivity contribution in [2.24, 2.45) is 5.73 Å². The highest BCUT2D eigenvalue weighted by Gasteiger charge is 2.30.